The molecule has 0 amide bonds. The van der Waals surface area contributed by atoms with Crippen molar-refractivity contribution in [1.29, 1.82) is 0 Å². The van der Waals surface area contributed by atoms with Crippen molar-refractivity contribution < 1.29 is 0 Å². The Morgan fingerprint density at radius 3 is 2.76 bits per heavy atom. The Morgan fingerprint density at radius 2 is 1.92 bits per heavy atom. The van der Waals surface area contributed by atoms with Gasteiger partial charge in [-0.3, -0.25) is 4.99 Å². The highest BCUT2D eigenvalue weighted by molar-refractivity contribution is 5.80. The number of hydrogen-bond acceptors (Lipinski definition) is 3. The molecule has 0 radical (unpaired) electrons. The molecule has 138 valence electrons. The molecular weight excluding hydrogens is 310 g/mol. The first-order valence-corrected chi connectivity index (χ1v) is 9.69. The van der Waals surface area contributed by atoms with Crippen molar-refractivity contribution in [3.8, 4) is 0 Å². The molecule has 2 heterocycles. The molecule has 1 aromatic rings. The Kier molecular flexibility index (Phi) is 6.70. The molecule has 0 aromatic heterocycles. The summed E-state index contributed by atoms with van der Waals surface area (Å²) in [5.41, 5.74) is 2.92. The van der Waals surface area contributed by atoms with E-state index in [0.717, 1.165) is 32.0 Å². The Balaban J connectivity index is 1.41. The highest BCUT2D eigenvalue weighted by Gasteiger charge is 2.18. The summed E-state index contributed by atoms with van der Waals surface area (Å²) < 4.78 is 0. The SMILES string of the molecule is CN=C(NCCCN1CCCN(C)CC1)N1CCc2ccccc2C1. The Labute approximate surface area is 152 Å². The first-order valence-electron chi connectivity index (χ1n) is 9.69. The van der Waals surface area contributed by atoms with E-state index in [1.165, 1.54) is 56.7 Å². The minimum Gasteiger partial charge on any atom is -0.356 e. The first kappa shape index (κ1) is 18.2. The van der Waals surface area contributed by atoms with Crippen LogP contribution < -0.4 is 5.32 Å². The molecule has 3 rings (SSSR count). The molecule has 2 aliphatic heterocycles. The van der Waals surface area contributed by atoms with Gasteiger partial charge in [0, 0.05) is 39.8 Å². The summed E-state index contributed by atoms with van der Waals surface area (Å²) in [6.07, 6.45) is 3.57. The summed E-state index contributed by atoms with van der Waals surface area (Å²) in [5.74, 6) is 1.05. The lowest BCUT2D eigenvalue weighted by molar-refractivity contribution is 0.273. The number of hydrogen-bond donors (Lipinski definition) is 1. The number of benzene rings is 1. The van der Waals surface area contributed by atoms with Crippen molar-refractivity contribution in [2.75, 3.05) is 59.9 Å². The van der Waals surface area contributed by atoms with Gasteiger partial charge in [-0.1, -0.05) is 24.3 Å². The van der Waals surface area contributed by atoms with Crippen molar-refractivity contribution in [2.24, 2.45) is 4.99 Å². The number of nitrogens with one attached hydrogen (secondary N) is 1. The van der Waals surface area contributed by atoms with Crippen molar-refractivity contribution >= 4 is 5.96 Å². The number of aliphatic imine (C=N–C) groups is 1. The summed E-state index contributed by atoms with van der Waals surface area (Å²) in [6, 6.07) is 8.77. The van der Waals surface area contributed by atoms with E-state index in [1.54, 1.807) is 0 Å². The van der Waals surface area contributed by atoms with E-state index in [0.29, 0.717) is 0 Å². The van der Waals surface area contributed by atoms with E-state index in [9.17, 15) is 0 Å². The van der Waals surface area contributed by atoms with Crippen molar-refractivity contribution in [3.05, 3.63) is 35.4 Å². The summed E-state index contributed by atoms with van der Waals surface area (Å²) in [6.45, 7) is 9.07. The standard InChI is InChI=1S/C20H33N5/c1-21-20(25-14-9-18-7-3-4-8-19(18)17-25)22-10-5-12-24-13-6-11-23(2)15-16-24/h3-4,7-8H,5-6,9-17H2,1-2H3,(H,21,22). The topological polar surface area (TPSA) is 34.1 Å². The van der Waals surface area contributed by atoms with Crippen LogP contribution in [0.5, 0.6) is 0 Å². The lowest BCUT2D eigenvalue weighted by atomic mass is 10.0. The van der Waals surface area contributed by atoms with Gasteiger partial charge in [0.2, 0.25) is 0 Å². The number of rotatable bonds is 4. The van der Waals surface area contributed by atoms with E-state index < -0.39 is 0 Å². The fourth-order valence-electron chi connectivity index (χ4n) is 3.84. The molecule has 0 aliphatic carbocycles. The van der Waals surface area contributed by atoms with Crippen LogP contribution in [-0.2, 0) is 13.0 Å². The average Bonchev–Trinajstić information content (AvgIpc) is 2.86. The van der Waals surface area contributed by atoms with Crippen LogP contribution in [-0.4, -0.2) is 80.6 Å². The molecule has 1 aromatic carbocycles. The van der Waals surface area contributed by atoms with Crippen molar-refractivity contribution in [3.63, 3.8) is 0 Å². The molecule has 25 heavy (non-hydrogen) atoms. The van der Waals surface area contributed by atoms with Gasteiger partial charge in [0.15, 0.2) is 5.96 Å². The molecule has 0 bridgehead atoms. The third kappa shape index (κ3) is 5.19. The van der Waals surface area contributed by atoms with Gasteiger partial charge in [0.05, 0.1) is 0 Å². The molecule has 1 fully saturated rings. The first-order chi connectivity index (χ1) is 12.3. The summed E-state index contributed by atoms with van der Waals surface area (Å²) >= 11 is 0. The largest absolute Gasteiger partial charge is 0.356 e. The minimum atomic E-state index is 0.967. The fourth-order valence-corrected chi connectivity index (χ4v) is 3.84. The van der Waals surface area contributed by atoms with E-state index in [1.807, 2.05) is 7.05 Å². The molecule has 0 unspecified atom stereocenters. The van der Waals surface area contributed by atoms with Crippen LogP contribution in [0, 0.1) is 0 Å². The number of nitrogens with zero attached hydrogens (tertiary/aromatic N) is 4. The van der Waals surface area contributed by atoms with Gasteiger partial charge in [0.1, 0.15) is 0 Å². The zero-order valence-electron chi connectivity index (χ0n) is 15.9. The van der Waals surface area contributed by atoms with E-state index in [-0.39, 0.29) is 0 Å². The number of fused-ring (bicyclic) bond motifs is 1. The molecular formula is C20H33N5. The second-order valence-corrected chi connectivity index (χ2v) is 7.27. The van der Waals surface area contributed by atoms with Crippen LogP contribution in [0.3, 0.4) is 0 Å². The van der Waals surface area contributed by atoms with Crippen LogP contribution >= 0.6 is 0 Å². The van der Waals surface area contributed by atoms with Gasteiger partial charge in [-0.05, 0) is 57.1 Å². The van der Waals surface area contributed by atoms with Crippen LogP contribution in [0.15, 0.2) is 29.3 Å². The lowest BCUT2D eigenvalue weighted by Crippen LogP contribution is -2.44. The second kappa shape index (κ2) is 9.20. The Bertz CT molecular complexity index is 571. The second-order valence-electron chi connectivity index (χ2n) is 7.27. The Morgan fingerprint density at radius 1 is 1.08 bits per heavy atom. The normalized spacial score (nSPS) is 20.2. The van der Waals surface area contributed by atoms with E-state index >= 15 is 0 Å². The molecule has 0 atom stereocenters. The fraction of sp³-hybridized carbons (Fsp3) is 0.650. The van der Waals surface area contributed by atoms with Crippen molar-refractivity contribution in [1.82, 2.24) is 20.0 Å². The van der Waals surface area contributed by atoms with Gasteiger partial charge in [-0.15, -0.1) is 0 Å². The zero-order chi connectivity index (χ0) is 17.5. The van der Waals surface area contributed by atoms with Crippen LogP contribution in [0.4, 0.5) is 0 Å². The van der Waals surface area contributed by atoms with Gasteiger partial charge in [-0.2, -0.15) is 0 Å². The van der Waals surface area contributed by atoms with Gasteiger partial charge < -0.3 is 20.0 Å². The van der Waals surface area contributed by atoms with Gasteiger partial charge in [-0.25, -0.2) is 0 Å². The number of guanidine groups is 1. The highest BCUT2D eigenvalue weighted by Crippen LogP contribution is 2.18. The number of likely N-dealkylation sites (N-methyl/N-ethyl adjacent to an activating group) is 1. The van der Waals surface area contributed by atoms with E-state index in [2.05, 4.69) is 56.3 Å². The molecule has 5 heteroatoms. The molecule has 2 aliphatic rings. The quantitative estimate of drug-likeness (QED) is 0.512. The summed E-state index contributed by atoms with van der Waals surface area (Å²) in [5, 5.41) is 3.57. The van der Waals surface area contributed by atoms with Crippen LogP contribution in [0.2, 0.25) is 0 Å². The molecule has 1 saturated heterocycles. The summed E-state index contributed by atoms with van der Waals surface area (Å²) in [7, 11) is 4.12. The third-order valence-electron chi connectivity index (χ3n) is 5.39. The average molecular weight is 344 g/mol. The molecule has 5 nitrogen and oxygen atoms in total. The van der Waals surface area contributed by atoms with Gasteiger partial charge in [0.25, 0.3) is 0 Å². The zero-order valence-corrected chi connectivity index (χ0v) is 15.9. The van der Waals surface area contributed by atoms with Crippen LogP contribution in [0.25, 0.3) is 0 Å². The smallest absolute Gasteiger partial charge is 0.193 e. The monoisotopic (exact) mass is 343 g/mol. The minimum absolute atomic E-state index is 0.967. The summed E-state index contributed by atoms with van der Waals surface area (Å²) in [4.78, 5) is 11.9. The lowest BCUT2D eigenvalue weighted by Gasteiger charge is -2.31. The maximum atomic E-state index is 4.51. The highest BCUT2D eigenvalue weighted by atomic mass is 15.3. The van der Waals surface area contributed by atoms with E-state index in [4.69, 9.17) is 0 Å². The van der Waals surface area contributed by atoms with Crippen LogP contribution in [0.1, 0.15) is 24.0 Å². The maximum Gasteiger partial charge on any atom is 0.193 e. The Hall–Kier alpha value is -1.59. The third-order valence-corrected chi connectivity index (χ3v) is 5.39. The molecule has 0 spiro atoms. The predicted molar refractivity (Wildman–Crippen MR) is 105 cm³/mol. The molecule has 0 saturated carbocycles. The maximum absolute atomic E-state index is 4.51. The predicted octanol–water partition coefficient (Wildman–Crippen LogP) is 1.65. The van der Waals surface area contributed by atoms with Crippen molar-refractivity contribution in [2.45, 2.75) is 25.8 Å². The van der Waals surface area contributed by atoms with Gasteiger partial charge >= 0.3 is 0 Å². The molecule has 1 N–H and O–H groups in total.